The molecule has 7 nitrogen and oxygen atoms in total. The van der Waals surface area contributed by atoms with Gasteiger partial charge < -0.3 is 5.32 Å². The zero-order chi connectivity index (χ0) is 14.7. The van der Waals surface area contributed by atoms with Crippen molar-refractivity contribution in [3.8, 4) is 0 Å². The van der Waals surface area contributed by atoms with Crippen LogP contribution in [-0.4, -0.2) is 21.9 Å². The van der Waals surface area contributed by atoms with Crippen LogP contribution in [0.25, 0.3) is 6.08 Å². The molecule has 2 amide bonds. The third-order valence-corrected chi connectivity index (χ3v) is 3.18. The second-order valence-corrected chi connectivity index (χ2v) is 4.90. The minimum Gasteiger partial charge on any atom is -0.305 e. The van der Waals surface area contributed by atoms with Crippen LogP contribution in [0.15, 0.2) is 34.2 Å². The summed E-state index contributed by atoms with van der Waals surface area (Å²) in [6.07, 6.45) is 1.50. The average Bonchev–Trinajstić information content (AvgIpc) is 2.69. The van der Waals surface area contributed by atoms with Gasteiger partial charge in [0.1, 0.15) is 0 Å². The van der Waals surface area contributed by atoms with Crippen molar-refractivity contribution in [3.05, 3.63) is 44.8 Å². The number of nitrogens with one attached hydrogen (secondary N) is 1. The molecule has 20 heavy (non-hydrogen) atoms. The van der Waals surface area contributed by atoms with Gasteiger partial charge in [0.2, 0.25) is 5.91 Å². The first-order chi connectivity index (χ1) is 9.45. The molecule has 0 saturated carbocycles. The van der Waals surface area contributed by atoms with Gasteiger partial charge in [0.25, 0.3) is 11.6 Å². The SMILES string of the molecule is CC(=O)NC1=NC(=O)/C(=C/c2cccc([N+](=O)[O-])c2)S1. The molecular weight excluding hydrogens is 282 g/mol. The molecule has 0 aliphatic carbocycles. The lowest BCUT2D eigenvalue weighted by molar-refractivity contribution is -0.384. The minimum atomic E-state index is -0.509. The zero-order valence-corrected chi connectivity index (χ0v) is 11.1. The van der Waals surface area contributed by atoms with E-state index in [1.54, 1.807) is 6.07 Å². The summed E-state index contributed by atoms with van der Waals surface area (Å²) in [5.41, 5.74) is 0.465. The summed E-state index contributed by atoms with van der Waals surface area (Å²) in [6, 6.07) is 5.90. The van der Waals surface area contributed by atoms with E-state index in [2.05, 4.69) is 10.3 Å². The van der Waals surface area contributed by atoms with Gasteiger partial charge in [0.15, 0.2) is 5.17 Å². The van der Waals surface area contributed by atoms with Gasteiger partial charge in [-0.25, -0.2) is 0 Å². The van der Waals surface area contributed by atoms with Crippen LogP contribution >= 0.6 is 11.8 Å². The highest BCUT2D eigenvalue weighted by atomic mass is 32.2. The van der Waals surface area contributed by atoms with Gasteiger partial charge in [-0.05, 0) is 23.4 Å². The van der Waals surface area contributed by atoms with Crippen LogP contribution in [0.4, 0.5) is 5.69 Å². The van der Waals surface area contributed by atoms with Crippen molar-refractivity contribution in [3.63, 3.8) is 0 Å². The van der Waals surface area contributed by atoms with E-state index in [0.717, 1.165) is 11.8 Å². The lowest BCUT2D eigenvalue weighted by Crippen LogP contribution is -2.23. The van der Waals surface area contributed by atoms with Crippen molar-refractivity contribution in [2.45, 2.75) is 6.92 Å². The quantitative estimate of drug-likeness (QED) is 0.507. The molecule has 0 saturated heterocycles. The maximum absolute atomic E-state index is 11.6. The third-order valence-electron chi connectivity index (χ3n) is 2.28. The van der Waals surface area contributed by atoms with Crippen molar-refractivity contribution < 1.29 is 14.5 Å². The molecule has 0 atom stereocenters. The number of hydrogen-bond acceptors (Lipinski definition) is 5. The van der Waals surface area contributed by atoms with Crippen LogP contribution in [0.2, 0.25) is 0 Å². The molecule has 1 aliphatic rings. The van der Waals surface area contributed by atoms with Crippen molar-refractivity contribution in [2.75, 3.05) is 0 Å². The number of nitro groups is 1. The van der Waals surface area contributed by atoms with Crippen molar-refractivity contribution in [1.29, 1.82) is 0 Å². The Bertz CT molecular complexity index is 666. The molecule has 0 aromatic heterocycles. The van der Waals surface area contributed by atoms with Crippen molar-refractivity contribution in [2.24, 2.45) is 4.99 Å². The fraction of sp³-hybridized carbons (Fsp3) is 0.0833. The Labute approximate surface area is 117 Å². The Morgan fingerprint density at radius 2 is 2.25 bits per heavy atom. The zero-order valence-electron chi connectivity index (χ0n) is 10.3. The molecule has 2 rings (SSSR count). The summed E-state index contributed by atoms with van der Waals surface area (Å²) in [4.78, 5) is 36.6. The maximum atomic E-state index is 11.6. The monoisotopic (exact) mass is 291 g/mol. The van der Waals surface area contributed by atoms with Gasteiger partial charge in [-0.2, -0.15) is 4.99 Å². The lowest BCUT2D eigenvalue weighted by atomic mass is 10.2. The topological polar surface area (TPSA) is 102 Å². The molecule has 0 bridgehead atoms. The summed E-state index contributed by atoms with van der Waals surface area (Å²) in [5.74, 6) is -0.800. The van der Waals surface area contributed by atoms with Crippen LogP contribution in [0.3, 0.4) is 0 Å². The van der Waals surface area contributed by atoms with E-state index >= 15 is 0 Å². The van der Waals surface area contributed by atoms with E-state index in [9.17, 15) is 19.7 Å². The molecule has 0 spiro atoms. The fourth-order valence-electron chi connectivity index (χ4n) is 1.49. The molecule has 1 aromatic carbocycles. The smallest absolute Gasteiger partial charge is 0.286 e. The van der Waals surface area contributed by atoms with Crippen LogP contribution < -0.4 is 5.32 Å². The number of nitrogens with zero attached hydrogens (tertiary/aromatic N) is 2. The molecule has 0 unspecified atom stereocenters. The van der Waals surface area contributed by atoms with E-state index in [0.29, 0.717) is 10.5 Å². The van der Waals surface area contributed by atoms with Gasteiger partial charge >= 0.3 is 0 Å². The first kappa shape index (κ1) is 13.9. The van der Waals surface area contributed by atoms with E-state index in [1.807, 2.05) is 0 Å². The van der Waals surface area contributed by atoms with Gasteiger partial charge in [-0.15, -0.1) is 0 Å². The second kappa shape index (κ2) is 5.66. The average molecular weight is 291 g/mol. The molecule has 0 radical (unpaired) electrons. The van der Waals surface area contributed by atoms with Gasteiger partial charge in [0.05, 0.1) is 9.83 Å². The Balaban J connectivity index is 2.21. The van der Waals surface area contributed by atoms with Crippen LogP contribution in [-0.2, 0) is 9.59 Å². The van der Waals surface area contributed by atoms with E-state index < -0.39 is 10.8 Å². The number of aliphatic imine (C=N–C) groups is 1. The van der Waals surface area contributed by atoms with Crippen LogP contribution in [0.5, 0.6) is 0 Å². The Morgan fingerprint density at radius 3 is 2.90 bits per heavy atom. The van der Waals surface area contributed by atoms with Gasteiger partial charge in [0, 0.05) is 19.1 Å². The minimum absolute atomic E-state index is 0.0576. The predicted octanol–water partition coefficient (Wildman–Crippen LogP) is 1.70. The maximum Gasteiger partial charge on any atom is 0.286 e. The van der Waals surface area contributed by atoms with Crippen molar-refractivity contribution >= 4 is 40.5 Å². The lowest BCUT2D eigenvalue weighted by Gasteiger charge is -1.98. The molecule has 1 heterocycles. The van der Waals surface area contributed by atoms with Gasteiger partial charge in [-0.1, -0.05) is 12.1 Å². The molecule has 0 fully saturated rings. The van der Waals surface area contributed by atoms with E-state index in [4.69, 9.17) is 0 Å². The number of amides is 2. The van der Waals surface area contributed by atoms with E-state index in [-0.39, 0.29) is 16.8 Å². The van der Waals surface area contributed by atoms with Crippen LogP contribution in [0.1, 0.15) is 12.5 Å². The number of nitro benzene ring substituents is 1. The fourth-order valence-corrected chi connectivity index (χ4v) is 2.35. The largest absolute Gasteiger partial charge is 0.305 e. The Hall–Kier alpha value is -2.48. The summed E-state index contributed by atoms with van der Waals surface area (Å²) >= 11 is 1.02. The van der Waals surface area contributed by atoms with Crippen LogP contribution in [0, 0.1) is 10.1 Å². The summed E-state index contributed by atoms with van der Waals surface area (Å²) in [6.45, 7) is 1.32. The highest BCUT2D eigenvalue weighted by Crippen LogP contribution is 2.28. The number of rotatable bonds is 2. The molecule has 102 valence electrons. The molecular formula is C12H9N3O4S. The summed E-state index contributed by atoms with van der Waals surface area (Å²) in [7, 11) is 0. The second-order valence-electron chi connectivity index (χ2n) is 3.87. The Kier molecular flexibility index (Phi) is 3.94. The molecule has 1 aliphatic heterocycles. The number of non-ortho nitro benzene ring substituents is 1. The first-order valence-corrected chi connectivity index (χ1v) is 6.32. The normalized spacial score (nSPS) is 16.1. The molecule has 8 heteroatoms. The number of thioether (sulfide) groups is 1. The third kappa shape index (κ3) is 3.29. The van der Waals surface area contributed by atoms with Crippen molar-refractivity contribution in [1.82, 2.24) is 5.32 Å². The Morgan fingerprint density at radius 1 is 1.50 bits per heavy atom. The number of carbonyl (C=O) groups is 2. The van der Waals surface area contributed by atoms with E-state index in [1.165, 1.54) is 31.2 Å². The predicted molar refractivity (Wildman–Crippen MR) is 74.9 cm³/mol. The highest BCUT2D eigenvalue weighted by molar-refractivity contribution is 8.18. The molecule has 1 aromatic rings. The summed E-state index contributed by atoms with van der Waals surface area (Å²) in [5, 5.41) is 13.3. The van der Waals surface area contributed by atoms with Gasteiger partial charge in [-0.3, -0.25) is 19.7 Å². The number of hydrogen-bond donors (Lipinski definition) is 1. The number of benzene rings is 1. The first-order valence-electron chi connectivity index (χ1n) is 5.50. The number of carbonyl (C=O) groups excluding carboxylic acids is 2. The highest BCUT2D eigenvalue weighted by Gasteiger charge is 2.22. The molecule has 1 N–H and O–H groups in total. The number of amidine groups is 1. The summed E-state index contributed by atoms with van der Waals surface area (Å²) < 4.78 is 0. The standard InChI is InChI=1S/C12H9N3O4S/c1-7(16)13-12-14-11(17)10(20-12)6-8-3-2-4-9(5-8)15(18)19/h2-6H,1H3,(H,13,14,16,17)/b10-6-.